The van der Waals surface area contributed by atoms with E-state index in [1.54, 1.807) is 19.3 Å². The monoisotopic (exact) mass is 331 g/mol. The number of rotatable bonds is 7. The van der Waals surface area contributed by atoms with E-state index in [1.807, 2.05) is 6.07 Å². The van der Waals surface area contributed by atoms with Crippen molar-refractivity contribution in [2.45, 2.75) is 20.0 Å². The Kier molecular flexibility index (Phi) is 4.96. The van der Waals surface area contributed by atoms with Crippen LogP contribution < -0.4 is 5.32 Å². The van der Waals surface area contributed by atoms with E-state index < -0.39 is 0 Å². The fourth-order valence-electron chi connectivity index (χ4n) is 2.43. The molecule has 2 heterocycles. The van der Waals surface area contributed by atoms with Gasteiger partial charge >= 0.3 is 0 Å². The number of carbonyl (C=O) groups excluding carboxylic acids is 1. The Labute approximate surface area is 138 Å². The molecule has 0 radical (unpaired) electrons. The molecule has 0 bridgehead atoms. The van der Waals surface area contributed by atoms with Crippen LogP contribution in [-0.2, 0) is 11.3 Å². The van der Waals surface area contributed by atoms with Gasteiger partial charge in [0.1, 0.15) is 23.8 Å². The van der Waals surface area contributed by atoms with Crippen LogP contribution in [0.3, 0.4) is 0 Å². The zero-order valence-corrected chi connectivity index (χ0v) is 13.3. The number of hydrogen-bond donors (Lipinski definition) is 1. The molecule has 0 atom stereocenters. The maximum Gasteiger partial charge on any atom is 0.287 e. The maximum atomic E-state index is 13.3. The molecule has 0 fully saturated rings. The number of amides is 1. The molecular formula is C18H18FNO4. The lowest BCUT2D eigenvalue weighted by molar-refractivity contribution is 0.0895. The molecule has 0 saturated heterocycles. The van der Waals surface area contributed by atoms with Gasteiger partial charge in [0.2, 0.25) is 0 Å². The molecule has 0 unspecified atom stereocenters. The third kappa shape index (κ3) is 3.65. The minimum Gasteiger partial charge on any atom is -0.467 e. The minimum atomic E-state index is -0.355. The molecule has 5 nitrogen and oxygen atoms in total. The van der Waals surface area contributed by atoms with Crippen molar-refractivity contribution < 1.29 is 22.8 Å². The lowest BCUT2D eigenvalue weighted by Gasteiger charge is -2.04. The van der Waals surface area contributed by atoms with Gasteiger partial charge in [-0.1, -0.05) is 0 Å². The molecule has 0 saturated carbocycles. The molecular weight excluding hydrogens is 313 g/mol. The maximum absolute atomic E-state index is 13.3. The van der Waals surface area contributed by atoms with Gasteiger partial charge in [-0.3, -0.25) is 4.79 Å². The van der Waals surface area contributed by atoms with Gasteiger partial charge in [0, 0.05) is 24.1 Å². The number of aryl methyl sites for hydroxylation is 1. The quantitative estimate of drug-likeness (QED) is 0.669. The van der Waals surface area contributed by atoms with Crippen LogP contribution in [0.2, 0.25) is 0 Å². The summed E-state index contributed by atoms with van der Waals surface area (Å²) in [6.07, 6.45) is 2.26. The Bertz CT molecular complexity index is 823. The van der Waals surface area contributed by atoms with E-state index in [4.69, 9.17) is 13.6 Å². The van der Waals surface area contributed by atoms with Crippen molar-refractivity contribution >= 4 is 16.9 Å². The van der Waals surface area contributed by atoms with Gasteiger partial charge in [0.15, 0.2) is 5.76 Å². The van der Waals surface area contributed by atoms with Gasteiger partial charge in [0.05, 0.1) is 6.26 Å². The third-order valence-corrected chi connectivity index (χ3v) is 3.68. The Balaban J connectivity index is 1.47. The third-order valence-electron chi connectivity index (χ3n) is 3.68. The van der Waals surface area contributed by atoms with E-state index in [9.17, 15) is 9.18 Å². The fourth-order valence-corrected chi connectivity index (χ4v) is 2.43. The number of fused-ring (bicyclic) bond motifs is 1. The summed E-state index contributed by atoms with van der Waals surface area (Å²) in [7, 11) is 0. The van der Waals surface area contributed by atoms with Crippen molar-refractivity contribution in [3.63, 3.8) is 0 Å². The summed E-state index contributed by atoms with van der Waals surface area (Å²) >= 11 is 0. The second kappa shape index (κ2) is 7.31. The molecule has 1 amide bonds. The molecule has 6 heteroatoms. The van der Waals surface area contributed by atoms with Gasteiger partial charge in [-0.2, -0.15) is 0 Å². The lowest BCUT2D eigenvalue weighted by Crippen LogP contribution is -2.25. The number of benzene rings is 1. The van der Waals surface area contributed by atoms with E-state index in [1.165, 1.54) is 18.2 Å². The number of nitrogens with one attached hydrogen (secondary N) is 1. The molecule has 24 heavy (non-hydrogen) atoms. The van der Waals surface area contributed by atoms with Crippen molar-refractivity contribution in [1.29, 1.82) is 0 Å². The van der Waals surface area contributed by atoms with Crippen LogP contribution in [-0.4, -0.2) is 19.1 Å². The zero-order valence-electron chi connectivity index (χ0n) is 13.3. The molecule has 0 aliphatic heterocycles. The second-order valence-corrected chi connectivity index (χ2v) is 5.44. The molecule has 3 rings (SSSR count). The summed E-state index contributed by atoms with van der Waals surface area (Å²) < 4.78 is 29.4. The first-order chi connectivity index (χ1) is 11.6. The molecule has 2 aromatic heterocycles. The number of hydrogen-bond acceptors (Lipinski definition) is 4. The molecule has 0 spiro atoms. The average Bonchev–Trinajstić information content (AvgIpc) is 3.19. The largest absolute Gasteiger partial charge is 0.467 e. The molecule has 0 aliphatic carbocycles. The first kappa shape index (κ1) is 16.3. The summed E-state index contributed by atoms with van der Waals surface area (Å²) in [5.41, 5.74) is 1.14. The van der Waals surface area contributed by atoms with E-state index in [2.05, 4.69) is 5.32 Å². The van der Waals surface area contributed by atoms with E-state index >= 15 is 0 Å². The van der Waals surface area contributed by atoms with Gasteiger partial charge in [-0.15, -0.1) is 0 Å². The smallest absolute Gasteiger partial charge is 0.287 e. The number of halogens is 1. The fraction of sp³-hybridized carbons (Fsp3) is 0.278. The zero-order chi connectivity index (χ0) is 16.9. The van der Waals surface area contributed by atoms with Crippen LogP contribution >= 0.6 is 0 Å². The SMILES string of the molecule is Cc1c(C(=O)NCCCOCc2ccco2)oc2ccc(F)cc12. The highest BCUT2D eigenvalue weighted by atomic mass is 19.1. The highest BCUT2D eigenvalue weighted by Crippen LogP contribution is 2.25. The van der Waals surface area contributed by atoms with Crippen molar-refractivity contribution in [3.05, 3.63) is 59.5 Å². The van der Waals surface area contributed by atoms with Crippen LogP contribution in [0.15, 0.2) is 45.4 Å². The first-order valence-electron chi connectivity index (χ1n) is 7.72. The summed E-state index contributed by atoms with van der Waals surface area (Å²) in [5.74, 6) is 0.318. The number of ether oxygens (including phenoxy) is 1. The Morgan fingerprint density at radius 1 is 1.33 bits per heavy atom. The van der Waals surface area contributed by atoms with E-state index in [0.29, 0.717) is 42.7 Å². The molecule has 126 valence electrons. The van der Waals surface area contributed by atoms with E-state index in [0.717, 1.165) is 5.76 Å². The molecule has 0 aliphatic rings. The van der Waals surface area contributed by atoms with Gasteiger partial charge in [-0.05, 0) is 43.7 Å². The summed E-state index contributed by atoms with van der Waals surface area (Å²) in [6.45, 7) is 3.12. The first-order valence-corrected chi connectivity index (χ1v) is 7.72. The number of carbonyl (C=O) groups is 1. The van der Waals surface area contributed by atoms with Crippen LogP contribution in [0.25, 0.3) is 11.0 Å². The topological polar surface area (TPSA) is 64.6 Å². The van der Waals surface area contributed by atoms with Crippen molar-refractivity contribution in [3.8, 4) is 0 Å². The Morgan fingerprint density at radius 2 is 2.21 bits per heavy atom. The minimum absolute atomic E-state index is 0.215. The Morgan fingerprint density at radius 3 is 3.00 bits per heavy atom. The highest BCUT2D eigenvalue weighted by Gasteiger charge is 2.17. The summed E-state index contributed by atoms with van der Waals surface area (Å²) in [6, 6.07) is 7.85. The predicted molar refractivity (Wildman–Crippen MR) is 86.2 cm³/mol. The van der Waals surface area contributed by atoms with Gasteiger partial charge in [0.25, 0.3) is 5.91 Å². The van der Waals surface area contributed by atoms with Crippen LogP contribution in [0, 0.1) is 12.7 Å². The summed E-state index contributed by atoms with van der Waals surface area (Å²) in [4.78, 5) is 12.2. The predicted octanol–water partition coefficient (Wildman–Crippen LogP) is 3.81. The summed E-state index contributed by atoms with van der Waals surface area (Å²) in [5, 5.41) is 3.39. The van der Waals surface area contributed by atoms with E-state index in [-0.39, 0.29) is 17.5 Å². The van der Waals surface area contributed by atoms with Gasteiger partial charge in [-0.25, -0.2) is 4.39 Å². The van der Waals surface area contributed by atoms with Crippen molar-refractivity contribution in [1.82, 2.24) is 5.32 Å². The normalized spacial score (nSPS) is 11.1. The molecule has 3 aromatic rings. The van der Waals surface area contributed by atoms with Crippen LogP contribution in [0.5, 0.6) is 0 Å². The highest BCUT2D eigenvalue weighted by molar-refractivity contribution is 5.98. The molecule has 1 N–H and O–H groups in total. The Hall–Kier alpha value is -2.60. The number of furan rings is 2. The van der Waals surface area contributed by atoms with Crippen LogP contribution in [0.1, 0.15) is 28.3 Å². The molecule has 1 aromatic carbocycles. The average molecular weight is 331 g/mol. The van der Waals surface area contributed by atoms with Gasteiger partial charge < -0.3 is 18.9 Å². The lowest BCUT2D eigenvalue weighted by atomic mass is 10.1. The van der Waals surface area contributed by atoms with Crippen LogP contribution in [0.4, 0.5) is 4.39 Å². The van der Waals surface area contributed by atoms with Crippen molar-refractivity contribution in [2.75, 3.05) is 13.2 Å². The van der Waals surface area contributed by atoms with Crippen molar-refractivity contribution in [2.24, 2.45) is 0 Å². The standard InChI is InChI=1S/C18H18FNO4/c1-12-15-10-13(19)5-6-16(15)24-17(12)18(21)20-7-3-8-22-11-14-4-2-9-23-14/h2,4-6,9-10H,3,7-8,11H2,1H3,(H,20,21). The second-order valence-electron chi connectivity index (χ2n) is 5.44.